The number of ketones is 1. The highest BCUT2D eigenvalue weighted by Gasteiger charge is 2.55. The van der Waals surface area contributed by atoms with Crippen LogP contribution in [0, 0.1) is 11.3 Å². The molecule has 0 bridgehead atoms. The second-order valence-electron chi connectivity index (χ2n) is 6.52. The smallest absolute Gasteiger partial charge is 0.313 e. The van der Waals surface area contributed by atoms with Crippen LogP contribution in [0.1, 0.15) is 52.4 Å². The van der Waals surface area contributed by atoms with Gasteiger partial charge in [-0.1, -0.05) is 0 Å². The molecule has 0 heterocycles. The van der Waals surface area contributed by atoms with E-state index in [0.29, 0.717) is 19.3 Å². The van der Waals surface area contributed by atoms with Crippen molar-refractivity contribution >= 4 is 17.7 Å². The van der Waals surface area contributed by atoms with E-state index in [2.05, 4.69) is 5.32 Å². The van der Waals surface area contributed by atoms with Crippen LogP contribution in [0.25, 0.3) is 0 Å². The molecule has 20 heavy (non-hydrogen) atoms. The fraction of sp³-hybridized carbons (Fsp3) is 0.800. The van der Waals surface area contributed by atoms with Gasteiger partial charge in [0.1, 0.15) is 5.78 Å². The van der Waals surface area contributed by atoms with Gasteiger partial charge in [0.15, 0.2) is 0 Å². The molecule has 112 valence electrons. The number of nitrogens with one attached hydrogen (secondary N) is 1. The van der Waals surface area contributed by atoms with Crippen molar-refractivity contribution in [2.45, 2.75) is 57.9 Å². The Kier molecular flexibility index (Phi) is 3.89. The number of ether oxygens (including phenoxy) is 1. The fourth-order valence-corrected chi connectivity index (χ4v) is 3.26. The standard InChI is InChI=1S/C15H23NO4/c1-14(2,13(19)20-3)15(7-4-8-15)16-12(18)10-5-6-11(17)9-10/h10H,4-9H2,1-3H3,(H,16,18). The molecule has 1 N–H and O–H groups in total. The lowest BCUT2D eigenvalue weighted by Gasteiger charge is -2.52. The first-order valence-electron chi connectivity index (χ1n) is 7.24. The van der Waals surface area contributed by atoms with Gasteiger partial charge in [0.05, 0.1) is 18.1 Å². The maximum atomic E-state index is 12.3. The van der Waals surface area contributed by atoms with Crippen molar-refractivity contribution in [2.24, 2.45) is 11.3 Å². The molecule has 1 atom stereocenters. The van der Waals surface area contributed by atoms with Crippen LogP contribution in [0.5, 0.6) is 0 Å². The van der Waals surface area contributed by atoms with Crippen LogP contribution in [0.2, 0.25) is 0 Å². The summed E-state index contributed by atoms with van der Waals surface area (Å²) >= 11 is 0. The van der Waals surface area contributed by atoms with Crippen molar-refractivity contribution < 1.29 is 19.1 Å². The number of hydrogen-bond donors (Lipinski definition) is 1. The van der Waals surface area contributed by atoms with Crippen LogP contribution in [0.4, 0.5) is 0 Å². The molecule has 0 aromatic rings. The molecule has 5 heteroatoms. The van der Waals surface area contributed by atoms with E-state index >= 15 is 0 Å². The Bertz CT molecular complexity index is 437. The van der Waals surface area contributed by atoms with Crippen molar-refractivity contribution in [3.05, 3.63) is 0 Å². The summed E-state index contributed by atoms with van der Waals surface area (Å²) in [6.07, 6.45) is 4.00. The molecule has 0 aliphatic heterocycles. The second kappa shape index (κ2) is 5.19. The number of esters is 1. The third kappa shape index (κ3) is 2.34. The predicted molar refractivity (Wildman–Crippen MR) is 72.9 cm³/mol. The molecule has 2 fully saturated rings. The average Bonchev–Trinajstić information content (AvgIpc) is 2.78. The number of rotatable bonds is 4. The van der Waals surface area contributed by atoms with Crippen molar-refractivity contribution in [3.63, 3.8) is 0 Å². The summed E-state index contributed by atoms with van der Waals surface area (Å²) in [5.41, 5.74) is -1.28. The minimum absolute atomic E-state index is 0.0903. The molecule has 2 saturated carbocycles. The number of Topliss-reactive ketones (excluding diaryl/α,β-unsaturated/α-hetero) is 1. The zero-order chi connectivity index (χ0) is 15.0. The normalized spacial score (nSPS) is 24.9. The van der Waals surface area contributed by atoms with Gasteiger partial charge < -0.3 is 10.1 Å². The number of amides is 1. The predicted octanol–water partition coefficient (Wildman–Crippen LogP) is 1.59. The Morgan fingerprint density at radius 3 is 2.40 bits per heavy atom. The van der Waals surface area contributed by atoms with Gasteiger partial charge in [-0.05, 0) is 39.5 Å². The Balaban J connectivity index is 2.10. The quantitative estimate of drug-likeness (QED) is 0.794. The highest BCUT2D eigenvalue weighted by molar-refractivity contribution is 5.91. The van der Waals surface area contributed by atoms with Crippen molar-refractivity contribution in [3.8, 4) is 0 Å². The van der Waals surface area contributed by atoms with Gasteiger partial charge in [-0.15, -0.1) is 0 Å². The summed E-state index contributed by atoms with van der Waals surface area (Å²) < 4.78 is 4.88. The van der Waals surface area contributed by atoms with E-state index in [1.165, 1.54) is 7.11 Å². The molecule has 0 radical (unpaired) electrons. The van der Waals surface area contributed by atoms with E-state index in [9.17, 15) is 14.4 Å². The number of hydrogen-bond acceptors (Lipinski definition) is 4. The fourth-order valence-electron chi connectivity index (χ4n) is 3.26. The first-order chi connectivity index (χ1) is 9.32. The van der Waals surface area contributed by atoms with Gasteiger partial charge in [-0.3, -0.25) is 14.4 Å². The summed E-state index contributed by atoms with van der Waals surface area (Å²) in [4.78, 5) is 35.6. The second-order valence-corrected chi connectivity index (χ2v) is 6.52. The number of methoxy groups -OCH3 is 1. The maximum Gasteiger partial charge on any atom is 0.313 e. The number of carbonyl (C=O) groups is 3. The van der Waals surface area contributed by atoms with Crippen LogP contribution in [-0.4, -0.2) is 30.3 Å². The van der Waals surface area contributed by atoms with Crippen LogP contribution in [0.15, 0.2) is 0 Å². The molecule has 0 spiro atoms. The zero-order valence-electron chi connectivity index (χ0n) is 12.5. The molecule has 1 unspecified atom stereocenters. The molecule has 2 rings (SSSR count). The molecule has 0 aromatic carbocycles. The summed E-state index contributed by atoms with van der Waals surface area (Å²) in [7, 11) is 1.37. The topological polar surface area (TPSA) is 72.5 Å². The molecular formula is C15H23NO4. The Labute approximate surface area is 119 Å². The van der Waals surface area contributed by atoms with E-state index in [1.807, 2.05) is 13.8 Å². The Hall–Kier alpha value is -1.39. The summed E-state index contributed by atoms with van der Waals surface area (Å²) in [5, 5.41) is 3.06. The van der Waals surface area contributed by atoms with E-state index < -0.39 is 11.0 Å². The van der Waals surface area contributed by atoms with Gasteiger partial charge in [-0.2, -0.15) is 0 Å². The van der Waals surface area contributed by atoms with E-state index in [0.717, 1.165) is 19.3 Å². The highest BCUT2D eigenvalue weighted by Crippen LogP contribution is 2.47. The third-order valence-electron chi connectivity index (χ3n) is 5.08. The van der Waals surface area contributed by atoms with E-state index in [1.54, 1.807) is 0 Å². The first kappa shape index (κ1) is 15.0. The van der Waals surface area contributed by atoms with Crippen LogP contribution < -0.4 is 5.32 Å². The SMILES string of the molecule is COC(=O)C(C)(C)C1(NC(=O)C2CCC(=O)C2)CCC1. The van der Waals surface area contributed by atoms with E-state index in [4.69, 9.17) is 4.74 Å². The lowest BCUT2D eigenvalue weighted by Crippen LogP contribution is -2.65. The molecule has 2 aliphatic carbocycles. The molecule has 5 nitrogen and oxygen atoms in total. The maximum absolute atomic E-state index is 12.3. The Morgan fingerprint density at radius 2 is 2.00 bits per heavy atom. The van der Waals surface area contributed by atoms with Gasteiger partial charge in [0.25, 0.3) is 0 Å². The van der Waals surface area contributed by atoms with Gasteiger partial charge in [-0.25, -0.2) is 0 Å². The average molecular weight is 281 g/mol. The summed E-state index contributed by atoms with van der Waals surface area (Å²) in [6, 6.07) is 0. The highest BCUT2D eigenvalue weighted by atomic mass is 16.5. The van der Waals surface area contributed by atoms with Gasteiger partial charge >= 0.3 is 5.97 Å². The minimum atomic E-state index is -0.752. The molecule has 2 aliphatic rings. The first-order valence-corrected chi connectivity index (χ1v) is 7.24. The monoisotopic (exact) mass is 281 g/mol. The summed E-state index contributed by atoms with van der Waals surface area (Å²) in [6.45, 7) is 3.64. The van der Waals surface area contributed by atoms with Crippen LogP contribution >= 0.6 is 0 Å². The lowest BCUT2D eigenvalue weighted by atomic mass is 9.60. The van der Waals surface area contributed by atoms with Gasteiger partial charge in [0, 0.05) is 18.8 Å². The Morgan fingerprint density at radius 1 is 1.35 bits per heavy atom. The van der Waals surface area contributed by atoms with Crippen LogP contribution in [-0.2, 0) is 19.1 Å². The molecule has 1 amide bonds. The van der Waals surface area contributed by atoms with Crippen molar-refractivity contribution in [1.82, 2.24) is 5.32 Å². The summed E-state index contributed by atoms with van der Waals surface area (Å²) in [5.74, 6) is -0.471. The molecule has 0 aromatic heterocycles. The van der Waals surface area contributed by atoms with Crippen molar-refractivity contribution in [2.75, 3.05) is 7.11 Å². The lowest BCUT2D eigenvalue weighted by molar-refractivity contribution is -0.160. The molecule has 0 saturated heterocycles. The third-order valence-corrected chi connectivity index (χ3v) is 5.08. The van der Waals surface area contributed by atoms with Crippen LogP contribution in [0.3, 0.4) is 0 Å². The largest absolute Gasteiger partial charge is 0.469 e. The minimum Gasteiger partial charge on any atom is -0.469 e. The van der Waals surface area contributed by atoms with Gasteiger partial charge in [0.2, 0.25) is 5.91 Å². The molecular weight excluding hydrogens is 258 g/mol. The van der Waals surface area contributed by atoms with E-state index in [-0.39, 0.29) is 23.6 Å². The number of carbonyl (C=O) groups excluding carboxylic acids is 3. The van der Waals surface area contributed by atoms with Crippen molar-refractivity contribution in [1.29, 1.82) is 0 Å². The zero-order valence-corrected chi connectivity index (χ0v) is 12.5.